The molecule has 0 aliphatic rings. The van der Waals surface area contributed by atoms with Crippen molar-refractivity contribution in [3.8, 4) is 16.9 Å². The molecule has 0 radical (unpaired) electrons. The minimum Gasteiger partial charge on any atom is -0.497 e. The molecule has 4 heteroatoms. The van der Waals surface area contributed by atoms with E-state index in [1.165, 1.54) is 12.1 Å². The van der Waals surface area contributed by atoms with Gasteiger partial charge in [0, 0.05) is 0 Å². The van der Waals surface area contributed by atoms with E-state index in [1.54, 1.807) is 25.3 Å². The molecule has 0 saturated carbocycles. The second-order valence-electron chi connectivity index (χ2n) is 3.81. The summed E-state index contributed by atoms with van der Waals surface area (Å²) in [6.07, 6.45) is -4.30. The van der Waals surface area contributed by atoms with Crippen LogP contribution in [0.3, 0.4) is 0 Å². The van der Waals surface area contributed by atoms with Crippen LogP contribution in [0.1, 0.15) is 5.56 Å². The van der Waals surface area contributed by atoms with Gasteiger partial charge in [-0.1, -0.05) is 24.3 Å². The molecule has 1 nitrogen and oxygen atoms in total. The molecule has 0 aliphatic heterocycles. The van der Waals surface area contributed by atoms with Crippen LogP contribution in [-0.2, 0) is 6.18 Å². The first-order valence-corrected chi connectivity index (χ1v) is 5.32. The predicted molar refractivity (Wildman–Crippen MR) is 63.4 cm³/mol. The first kappa shape index (κ1) is 12.5. The van der Waals surface area contributed by atoms with Gasteiger partial charge in [-0.2, -0.15) is 13.2 Å². The Morgan fingerprint density at radius 2 is 1.56 bits per heavy atom. The fraction of sp³-hybridized carbons (Fsp3) is 0.143. The van der Waals surface area contributed by atoms with Crippen LogP contribution in [-0.4, -0.2) is 7.11 Å². The number of ether oxygens (including phenoxy) is 1. The molecule has 2 aromatic rings. The van der Waals surface area contributed by atoms with Gasteiger partial charge >= 0.3 is 6.18 Å². The van der Waals surface area contributed by atoms with Gasteiger partial charge in [0.1, 0.15) is 5.75 Å². The van der Waals surface area contributed by atoms with Crippen LogP contribution in [0.25, 0.3) is 11.1 Å². The molecular formula is C14H11F3O. The standard InChI is InChI=1S/C14H11F3O/c1-18-13-4-2-3-11(9-13)10-5-7-12(8-6-10)14(15,16)17/h2-9H,1H3. The second kappa shape index (κ2) is 4.72. The third-order valence-electron chi connectivity index (χ3n) is 2.62. The Labute approximate surface area is 103 Å². The van der Waals surface area contributed by atoms with E-state index in [9.17, 15) is 13.2 Å². The van der Waals surface area contributed by atoms with E-state index in [-0.39, 0.29) is 0 Å². The lowest BCUT2D eigenvalue weighted by Crippen LogP contribution is -2.03. The van der Waals surface area contributed by atoms with E-state index in [1.807, 2.05) is 6.07 Å². The van der Waals surface area contributed by atoms with Crippen LogP contribution < -0.4 is 4.74 Å². The zero-order chi connectivity index (χ0) is 13.2. The monoisotopic (exact) mass is 252 g/mol. The summed E-state index contributed by atoms with van der Waals surface area (Å²) in [5.74, 6) is 0.674. The van der Waals surface area contributed by atoms with E-state index >= 15 is 0 Å². The summed E-state index contributed by atoms with van der Waals surface area (Å²) in [5, 5.41) is 0. The van der Waals surface area contributed by atoms with Gasteiger partial charge < -0.3 is 4.74 Å². The Morgan fingerprint density at radius 3 is 2.11 bits per heavy atom. The first-order chi connectivity index (χ1) is 8.50. The molecule has 94 valence electrons. The summed E-state index contributed by atoms with van der Waals surface area (Å²) in [7, 11) is 1.55. The third-order valence-corrected chi connectivity index (χ3v) is 2.62. The fourth-order valence-electron chi connectivity index (χ4n) is 1.65. The van der Waals surface area contributed by atoms with Gasteiger partial charge in [-0.25, -0.2) is 0 Å². The number of hydrogen-bond acceptors (Lipinski definition) is 1. The highest BCUT2D eigenvalue weighted by atomic mass is 19.4. The van der Waals surface area contributed by atoms with Crippen LogP contribution in [0, 0.1) is 0 Å². The highest BCUT2D eigenvalue weighted by molar-refractivity contribution is 5.65. The molecule has 0 saturated heterocycles. The minimum absolute atomic E-state index is 0.644. The Balaban J connectivity index is 2.34. The largest absolute Gasteiger partial charge is 0.497 e. The summed E-state index contributed by atoms with van der Waals surface area (Å²) in [6.45, 7) is 0. The molecule has 0 spiro atoms. The lowest BCUT2D eigenvalue weighted by atomic mass is 10.0. The number of benzene rings is 2. The van der Waals surface area contributed by atoms with Gasteiger partial charge in [-0.15, -0.1) is 0 Å². The van der Waals surface area contributed by atoms with Crippen molar-refractivity contribution in [3.63, 3.8) is 0 Å². The summed E-state index contributed by atoms with van der Waals surface area (Å²) in [4.78, 5) is 0. The number of hydrogen-bond donors (Lipinski definition) is 0. The minimum atomic E-state index is -4.30. The van der Waals surface area contributed by atoms with Crippen molar-refractivity contribution in [3.05, 3.63) is 54.1 Å². The van der Waals surface area contributed by atoms with Crippen LogP contribution in [0.2, 0.25) is 0 Å². The van der Waals surface area contributed by atoms with Crippen molar-refractivity contribution in [2.75, 3.05) is 7.11 Å². The Bertz CT molecular complexity index is 529. The predicted octanol–water partition coefficient (Wildman–Crippen LogP) is 4.38. The van der Waals surface area contributed by atoms with Crippen molar-refractivity contribution < 1.29 is 17.9 Å². The van der Waals surface area contributed by atoms with E-state index in [4.69, 9.17) is 4.74 Å². The zero-order valence-electron chi connectivity index (χ0n) is 9.66. The van der Waals surface area contributed by atoms with Gasteiger partial charge in [0.05, 0.1) is 12.7 Å². The second-order valence-corrected chi connectivity index (χ2v) is 3.81. The molecule has 2 rings (SSSR count). The van der Waals surface area contributed by atoms with Crippen molar-refractivity contribution >= 4 is 0 Å². The molecule has 0 amide bonds. The molecule has 2 aromatic carbocycles. The summed E-state index contributed by atoms with van der Waals surface area (Å²) >= 11 is 0. The molecule has 0 aliphatic carbocycles. The van der Waals surface area contributed by atoms with Crippen molar-refractivity contribution in [1.82, 2.24) is 0 Å². The van der Waals surface area contributed by atoms with Gasteiger partial charge in [-0.3, -0.25) is 0 Å². The van der Waals surface area contributed by atoms with Crippen LogP contribution in [0.5, 0.6) is 5.75 Å². The smallest absolute Gasteiger partial charge is 0.416 e. The zero-order valence-corrected chi connectivity index (χ0v) is 9.66. The third kappa shape index (κ3) is 2.64. The van der Waals surface area contributed by atoms with Gasteiger partial charge in [0.25, 0.3) is 0 Å². The SMILES string of the molecule is COc1cccc(-c2ccc(C(F)(F)F)cc2)c1. The van der Waals surface area contributed by atoms with Crippen molar-refractivity contribution in [1.29, 1.82) is 0 Å². The molecule has 0 fully saturated rings. The molecule has 0 heterocycles. The lowest BCUT2D eigenvalue weighted by molar-refractivity contribution is -0.137. The molecule has 18 heavy (non-hydrogen) atoms. The van der Waals surface area contributed by atoms with E-state index < -0.39 is 11.7 Å². The number of alkyl halides is 3. The molecule has 0 unspecified atom stereocenters. The molecule has 0 N–H and O–H groups in total. The average Bonchev–Trinajstić information content (AvgIpc) is 2.38. The highest BCUT2D eigenvalue weighted by Crippen LogP contribution is 2.31. The maximum atomic E-state index is 12.4. The quantitative estimate of drug-likeness (QED) is 0.770. The Hall–Kier alpha value is -1.97. The van der Waals surface area contributed by atoms with Crippen LogP contribution in [0.4, 0.5) is 13.2 Å². The average molecular weight is 252 g/mol. The summed E-state index contributed by atoms with van der Waals surface area (Å²) < 4.78 is 42.3. The van der Waals surface area contributed by atoms with E-state index in [2.05, 4.69) is 0 Å². The van der Waals surface area contributed by atoms with Gasteiger partial charge in [0.15, 0.2) is 0 Å². The molecule has 0 bridgehead atoms. The molecule has 0 aromatic heterocycles. The first-order valence-electron chi connectivity index (χ1n) is 5.32. The summed E-state index contributed by atoms with van der Waals surface area (Å²) in [5.41, 5.74) is 0.902. The van der Waals surface area contributed by atoms with Gasteiger partial charge in [0.2, 0.25) is 0 Å². The van der Waals surface area contributed by atoms with E-state index in [0.717, 1.165) is 23.3 Å². The maximum absolute atomic E-state index is 12.4. The van der Waals surface area contributed by atoms with E-state index in [0.29, 0.717) is 5.75 Å². The highest BCUT2D eigenvalue weighted by Gasteiger charge is 2.29. The summed E-state index contributed by atoms with van der Waals surface area (Å²) in [6, 6.07) is 12.3. The van der Waals surface area contributed by atoms with Crippen LogP contribution >= 0.6 is 0 Å². The Morgan fingerprint density at radius 1 is 0.889 bits per heavy atom. The fourth-order valence-corrected chi connectivity index (χ4v) is 1.65. The Kier molecular flexibility index (Phi) is 3.28. The normalized spacial score (nSPS) is 11.3. The van der Waals surface area contributed by atoms with Crippen molar-refractivity contribution in [2.45, 2.75) is 6.18 Å². The molecule has 0 atom stereocenters. The lowest BCUT2D eigenvalue weighted by Gasteiger charge is -2.08. The maximum Gasteiger partial charge on any atom is 0.416 e. The van der Waals surface area contributed by atoms with Gasteiger partial charge in [-0.05, 0) is 35.4 Å². The topological polar surface area (TPSA) is 9.23 Å². The van der Waals surface area contributed by atoms with Crippen molar-refractivity contribution in [2.24, 2.45) is 0 Å². The molecular weight excluding hydrogens is 241 g/mol. The number of rotatable bonds is 2. The van der Waals surface area contributed by atoms with Crippen LogP contribution in [0.15, 0.2) is 48.5 Å². The number of methoxy groups -OCH3 is 1. The number of halogens is 3.